The number of aliphatic hydroxyl groups is 4. The maximum Gasteiger partial charge on any atom is 0.518 e. The van der Waals surface area contributed by atoms with E-state index < -0.39 is 24.6 Å². The van der Waals surface area contributed by atoms with Crippen LogP contribution in [0.15, 0.2) is 0 Å². The second kappa shape index (κ2) is 34.8. The highest BCUT2D eigenvalue weighted by Gasteiger charge is 2.15. The average Bonchev–Trinajstić information content (AvgIpc) is 2.91. The Morgan fingerprint density at radius 1 is 0.477 bits per heavy atom. The van der Waals surface area contributed by atoms with Crippen molar-refractivity contribution >= 4 is 24.6 Å². The molecule has 0 amide bonds. The number of aliphatic hydroxyl groups excluding tert-OH is 4. The molecule has 0 aliphatic carbocycles. The molecule has 0 bridgehead atoms. The molecule has 0 aliphatic rings. The van der Waals surface area contributed by atoms with Crippen molar-refractivity contribution < 1.29 is 68.0 Å². The van der Waals surface area contributed by atoms with E-state index >= 15 is 0 Å². The quantitative estimate of drug-likeness (QED) is 0.145. The summed E-state index contributed by atoms with van der Waals surface area (Å²) in [7, 11) is 0. The summed E-state index contributed by atoms with van der Waals surface area (Å²) >= 11 is 0. The Morgan fingerprint density at radius 2 is 0.727 bits per heavy atom. The molecule has 0 aromatic carbocycles. The van der Waals surface area contributed by atoms with Gasteiger partial charge in [-0.05, 0) is 63.2 Å². The molecule has 248 valence electrons. The third-order valence-corrected chi connectivity index (χ3v) is 2.86. The molecule has 44 heavy (non-hydrogen) atoms. The van der Waals surface area contributed by atoms with Crippen LogP contribution in [0.1, 0.15) is 55.4 Å². The van der Waals surface area contributed by atoms with Gasteiger partial charge in [0, 0.05) is 0 Å². The predicted octanol–water partition coefficient (Wildman–Crippen LogP) is 2.64. The van der Waals surface area contributed by atoms with E-state index in [1.165, 1.54) is 0 Å². The highest BCUT2D eigenvalue weighted by atomic mass is 16.8. The van der Waals surface area contributed by atoms with Gasteiger partial charge in [-0.25, -0.2) is 19.2 Å². The Balaban J connectivity index is -0.000000252. The second-order valence-electron chi connectivity index (χ2n) is 8.79. The van der Waals surface area contributed by atoms with Crippen LogP contribution in [0.4, 0.5) is 19.2 Å². The van der Waals surface area contributed by atoms with E-state index in [0.717, 1.165) is 0 Å². The van der Waals surface area contributed by atoms with Crippen molar-refractivity contribution in [3.05, 3.63) is 0 Å². The minimum atomic E-state index is -1.04. The van der Waals surface area contributed by atoms with Gasteiger partial charge in [-0.3, -0.25) is 0 Å². The van der Waals surface area contributed by atoms with Crippen LogP contribution in [0.3, 0.4) is 0 Å². The summed E-state index contributed by atoms with van der Waals surface area (Å²) in [6.45, 7) is 13.8. The van der Waals surface area contributed by atoms with Crippen LogP contribution >= 0.6 is 0 Å². The summed E-state index contributed by atoms with van der Waals surface area (Å²) in [6, 6.07) is 0. The van der Waals surface area contributed by atoms with Crippen LogP contribution in [0, 0.1) is 59.2 Å². The van der Waals surface area contributed by atoms with Gasteiger partial charge in [0.2, 0.25) is 0 Å². The summed E-state index contributed by atoms with van der Waals surface area (Å²) in [5, 5.41) is 32.2. The van der Waals surface area contributed by atoms with E-state index in [4.69, 9.17) is 20.4 Å². The van der Waals surface area contributed by atoms with E-state index in [-0.39, 0.29) is 63.7 Å². The molecular formula is C30H44O14. The number of ether oxygens (including phenoxy) is 6. The van der Waals surface area contributed by atoms with Crippen molar-refractivity contribution in [1.29, 1.82) is 0 Å². The average molecular weight is 629 g/mol. The summed E-state index contributed by atoms with van der Waals surface area (Å²) in [5.74, 6) is 18.9. The number of carbonyl (C=O) groups is 4. The smallest absolute Gasteiger partial charge is 0.434 e. The minimum Gasteiger partial charge on any atom is -0.434 e. The first kappa shape index (κ1) is 46.5. The summed E-state index contributed by atoms with van der Waals surface area (Å²) in [4.78, 5) is 43.1. The number of rotatable bonds is 6. The molecule has 0 heterocycles. The topological polar surface area (TPSA) is 205 Å². The molecule has 0 saturated heterocycles. The van der Waals surface area contributed by atoms with Crippen LogP contribution in [0.5, 0.6) is 0 Å². The minimum absolute atomic E-state index is 0.180. The fourth-order valence-electron chi connectivity index (χ4n) is 1.43. The zero-order valence-electron chi connectivity index (χ0n) is 26.4. The fraction of sp³-hybridized carbons (Fsp3) is 0.600. The van der Waals surface area contributed by atoms with Gasteiger partial charge in [0.25, 0.3) is 0 Å². The fourth-order valence-corrected chi connectivity index (χ4v) is 1.43. The van der Waals surface area contributed by atoms with Crippen LogP contribution < -0.4 is 0 Å². The molecule has 14 nitrogen and oxygen atoms in total. The second-order valence-corrected chi connectivity index (χ2v) is 8.79. The lowest BCUT2D eigenvalue weighted by Gasteiger charge is -2.08. The van der Waals surface area contributed by atoms with E-state index in [1.54, 1.807) is 27.7 Å². The van der Waals surface area contributed by atoms with Crippen molar-refractivity contribution in [3.63, 3.8) is 0 Å². The Labute approximate surface area is 259 Å². The lowest BCUT2D eigenvalue weighted by molar-refractivity contribution is 0.0135. The van der Waals surface area contributed by atoms with Gasteiger partial charge >= 0.3 is 24.6 Å². The number of hydrogen-bond acceptors (Lipinski definition) is 14. The van der Waals surface area contributed by atoms with Gasteiger partial charge in [-0.15, -0.1) is 0 Å². The van der Waals surface area contributed by atoms with Crippen LogP contribution in [-0.2, 0) is 28.4 Å². The summed E-state index contributed by atoms with van der Waals surface area (Å²) in [6.07, 6.45) is -4.75. The zero-order chi connectivity index (χ0) is 34.8. The van der Waals surface area contributed by atoms with E-state index in [9.17, 15) is 19.2 Å². The van der Waals surface area contributed by atoms with Gasteiger partial charge in [-0.1, -0.05) is 51.4 Å². The molecule has 0 aromatic heterocycles. The molecule has 14 heteroatoms. The molecular weight excluding hydrogens is 584 g/mol. The van der Waals surface area contributed by atoms with E-state index in [1.807, 2.05) is 27.7 Å². The zero-order valence-corrected chi connectivity index (χ0v) is 26.4. The normalized spacial score (nSPS) is 8.55. The van der Waals surface area contributed by atoms with E-state index in [0.29, 0.717) is 0 Å². The van der Waals surface area contributed by atoms with Crippen molar-refractivity contribution in [1.82, 2.24) is 0 Å². The summed E-state index contributed by atoms with van der Waals surface area (Å²) < 4.78 is 26.7. The molecule has 0 aliphatic heterocycles. The Hall–Kier alpha value is -4.44. The van der Waals surface area contributed by atoms with Crippen LogP contribution in [-0.4, -0.2) is 96.9 Å². The largest absolute Gasteiger partial charge is 0.518 e. The molecule has 0 radical (unpaired) electrons. The maximum atomic E-state index is 10.9. The monoisotopic (exact) mass is 628 g/mol. The maximum absolute atomic E-state index is 10.9. The Morgan fingerprint density at radius 3 is 0.932 bits per heavy atom. The molecule has 0 rings (SSSR count). The first-order chi connectivity index (χ1) is 20.7. The SMILES string of the molecule is CC(C)COC(=O)OC(=O)OCC(C)C.CC(C)OC(=O)OC(=O)OC(C)C.OCC#CC#CCO.OCC#CC#CCO. The number of carbonyl (C=O) groups excluding carboxylic acids is 4. The van der Waals surface area contributed by atoms with Crippen LogP contribution in [0.25, 0.3) is 0 Å². The van der Waals surface area contributed by atoms with Crippen molar-refractivity contribution in [2.45, 2.75) is 67.6 Å². The lowest BCUT2D eigenvalue weighted by Crippen LogP contribution is -2.20. The Kier molecular flexibility index (Phi) is 36.7. The highest BCUT2D eigenvalue weighted by Crippen LogP contribution is 1.99. The predicted molar refractivity (Wildman–Crippen MR) is 157 cm³/mol. The van der Waals surface area contributed by atoms with Crippen molar-refractivity contribution in [2.24, 2.45) is 11.8 Å². The van der Waals surface area contributed by atoms with Gasteiger partial charge in [0.1, 0.15) is 26.4 Å². The number of hydrogen-bond donors (Lipinski definition) is 4. The van der Waals surface area contributed by atoms with Gasteiger partial charge < -0.3 is 48.8 Å². The van der Waals surface area contributed by atoms with Crippen molar-refractivity contribution in [3.8, 4) is 47.4 Å². The first-order valence-corrected chi connectivity index (χ1v) is 13.1. The Bertz CT molecular complexity index is 911. The molecule has 0 saturated carbocycles. The molecule has 0 unspecified atom stereocenters. The lowest BCUT2D eigenvalue weighted by atomic mass is 10.2. The molecule has 0 atom stereocenters. The molecule has 0 fully saturated rings. The van der Waals surface area contributed by atoms with Crippen LogP contribution in [0.2, 0.25) is 0 Å². The third-order valence-electron chi connectivity index (χ3n) is 2.86. The molecule has 0 spiro atoms. The highest BCUT2D eigenvalue weighted by molar-refractivity contribution is 5.77. The van der Waals surface area contributed by atoms with Gasteiger partial charge in [0.05, 0.1) is 25.4 Å². The standard InChI is InChI=1S/C10H18O5.C8H14O5.2C6H6O2/c1-7(2)5-13-9(11)15-10(12)14-6-8(3)4;1-5(2)11-7(9)13-8(10)12-6(3)4;2*7-5-3-1-2-4-6-8/h7-8H,5-6H2,1-4H3;5-6H,1-4H3;2*7-8H,5-6H2. The van der Waals surface area contributed by atoms with E-state index in [2.05, 4.69) is 75.8 Å². The van der Waals surface area contributed by atoms with Crippen molar-refractivity contribution in [2.75, 3.05) is 39.6 Å². The molecule has 4 N–H and O–H groups in total. The van der Waals surface area contributed by atoms with Gasteiger partial charge in [-0.2, -0.15) is 0 Å². The third kappa shape index (κ3) is 50.4. The summed E-state index contributed by atoms with van der Waals surface area (Å²) in [5.41, 5.74) is 0. The first-order valence-electron chi connectivity index (χ1n) is 13.1. The van der Waals surface area contributed by atoms with Gasteiger partial charge in [0.15, 0.2) is 0 Å². The molecule has 0 aromatic rings.